The number of hydrogen-bond donors (Lipinski definition) is 1. The van der Waals surface area contributed by atoms with Gasteiger partial charge in [0.15, 0.2) is 0 Å². The summed E-state index contributed by atoms with van der Waals surface area (Å²) in [4.78, 5) is 0. The minimum absolute atomic E-state index is 0.0278. The standard InChI is InChI=1S/C6H9NO2/c8-7-5-6-3-1-2-4-9-6/h2,4-6,8H,1,3H2/t6-/m0/s1. The zero-order valence-corrected chi connectivity index (χ0v) is 5.03. The number of hydrogen-bond acceptors (Lipinski definition) is 3. The largest absolute Gasteiger partial charge is 0.493 e. The van der Waals surface area contributed by atoms with Crippen molar-refractivity contribution in [1.29, 1.82) is 0 Å². The van der Waals surface area contributed by atoms with Crippen LogP contribution in [-0.2, 0) is 4.74 Å². The highest BCUT2D eigenvalue weighted by atomic mass is 16.5. The molecule has 0 unspecified atom stereocenters. The van der Waals surface area contributed by atoms with Crippen molar-refractivity contribution in [2.75, 3.05) is 0 Å². The molecule has 1 aliphatic heterocycles. The van der Waals surface area contributed by atoms with E-state index in [1.807, 2.05) is 6.08 Å². The topological polar surface area (TPSA) is 41.8 Å². The first-order valence-electron chi connectivity index (χ1n) is 2.91. The summed E-state index contributed by atoms with van der Waals surface area (Å²) in [5.41, 5.74) is 0. The van der Waals surface area contributed by atoms with Gasteiger partial charge in [0, 0.05) is 0 Å². The van der Waals surface area contributed by atoms with Crippen LogP contribution in [0.2, 0.25) is 0 Å². The summed E-state index contributed by atoms with van der Waals surface area (Å²) >= 11 is 0. The number of allylic oxidation sites excluding steroid dienone is 1. The Bertz CT molecular complexity index is 131. The van der Waals surface area contributed by atoms with Crippen molar-refractivity contribution >= 4 is 6.21 Å². The van der Waals surface area contributed by atoms with Crippen molar-refractivity contribution in [3.8, 4) is 0 Å². The molecule has 0 aromatic carbocycles. The molecule has 3 heteroatoms. The smallest absolute Gasteiger partial charge is 0.136 e. The third-order valence-electron chi connectivity index (χ3n) is 1.20. The van der Waals surface area contributed by atoms with Crippen LogP contribution in [0.1, 0.15) is 12.8 Å². The van der Waals surface area contributed by atoms with E-state index < -0.39 is 0 Å². The SMILES string of the molecule is ON=C[C@@H]1CCC=CO1. The first-order chi connectivity index (χ1) is 4.43. The summed E-state index contributed by atoms with van der Waals surface area (Å²) in [6.45, 7) is 0. The third-order valence-corrected chi connectivity index (χ3v) is 1.20. The number of oxime groups is 1. The van der Waals surface area contributed by atoms with Crippen molar-refractivity contribution < 1.29 is 9.94 Å². The van der Waals surface area contributed by atoms with E-state index in [9.17, 15) is 0 Å². The van der Waals surface area contributed by atoms with Gasteiger partial charge in [-0.3, -0.25) is 0 Å². The molecule has 0 saturated heterocycles. The second kappa shape index (κ2) is 3.12. The summed E-state index contributed by atoms with van der Waals surface area (Å²) in [7, 11) is 0. The van der Waals surface area contributed by atoms with Gasteiger partial charge in [-0.1, -0.05) is 5.16 Å². The molecule has 1 rings (SSSR count). The third kappa shape index (κ3) is 1.76. The molecule has 1 heterocycles. The molecule has 0 saturated carbocycles. The first-order valence-corrected chi connectivity index (χ1v) is 2.91. The molecule has 0 bridgehead atoms. The molecule has 0 amide bonds. The van der Waals surface area contributed by atoms with E-state index in [4.69, 9.17) is 9.94 Å². The molecule has 3 nitrogen and oxygen atoms in total. The number of nitrogens with zero attached hydrogens (tertiary/aromatic N) is 1. The highest BCUT2D eigenvalue weighted by Crippen LogP contribution is 2.07. The van der Waals surface area contributed by atoms with Crippen molar-refractivity contribution in [1.82, 2.24) is 0 Å². The molecular weight excluding hydrogens is 118 g/mol. The van der Waals surface area contributed by atoms with Crippen molar-refractivity contribution in [2.24, 2.45) is 5.16 Å². The Morgan fingerprint density at radius 2 is 2.67 bits per heavy atom. The lowest BCUT2D eigenvalue weighted by Crippen LogP contribution is -2.13. The Labute approximate surface area is 53.6 Å². The second-order valence-electron chi connectivity index (χ2n) is 1.89. The van der Waals surface area contributed by atoms with Crippen LogP contribution < -0.4 is 0 Å². The van der Waals surface area contributed by atoms with Crippen molar-refractivity contribution in [3.05, 3.63) is 12.3 Å². The second-order valence-corrected chi connectivity index (χ2v) is 1.89. The van der Waals surface area contributed by atoms with Gasteiger partial charge in [0.05, 0.1) is 12.5 Å². The van der Waals surface area contributed by atoms with Crippen LogP contribution in [0.4, 0.5) is 0 Å². The zero-order valence-electron chi connectivity index (χ0n) is 5.03. The molecule has 1 aliphatic rings. The summed E-state index contributed by atoms with van der Waals surface area (Å²) in [6.07, 6.45) is 6.85. The lowest BCUT2D eigenvalue weighted by atomic mass is 10.2. The Hall–Kier alpha value is -0.990. The monoisotopic (exact) mass is 127 g/mol. The van der Waals surface area contributed by atoms with Gasteiger partial charge >= 0.3 is 0 Å². The molecule has 1 atom stereocenters. The summed E-state index contributed by atoms with van der Waals surface area (Å²) in [5, 5.41) is 11.0. The Morgan fingerprint density at radius 3 is 3.22 bits per heavy atom. The highest BCUT2D eigenvalue weighted by Gasteiger charge is 2.06. The van der Waals surface area contributed by atoms with Crippen LogP contribution in [0.25, 0.3) is 0 Å². The van der Waals surface area contributed by atoms with Gasteiger partial charge in [0.1, 0.15) is 6.10 Å². The van der Waals surface area contributed by atoms with E-state index in [0.29, 0.717) is 0 Å². The maximum Gasteiger partial charge on any atom is 0.136 e. The minimum Gasteiger partial charge on any atom is -0.493 e. The van der Waals surface area contributed by atoms with Crippen LogP contribution in [0, 0.1) is 0 Å². The van der Waals surface area contributed by atoms with Crippen LogP contribution in [0.3, 0.4) is 0 Å². The van der Waals surface area contributed by atoms with Gasteiger partial charge in [-0.25, -0.2) is 0 Å². The van der Waals surface area contributed by atoms with Gasteiger partial charge in [-0.15, -0.1) is 0 Å². The molecule has 0 spiro atoms. The molecule has 0 fully saturated rings. The fourth-order valence-electron chi connectivity index (χ4n) is 0.737. The fourth-order valence-corrected chi connectivity index (χ4v) is 0.737. The first kappa shape index (κ1) is 6.13. The van der Waals surface area contributed by atoms with Gasteiger partial charge in [0.25, 0.3) is 0 Å². The molecule has 0 aromatic rings. The van der Waals surface area contributed by atoms with Crippen LogP contribution in [-0.4, -0.2) is 17.5 Å². The highest BCUT2D eigenvalue weighted by molar-refractivity contribution is 5.62. The molecule has 1 N–H and O–H groups in total. The quantitative estimate of drug-likeness (QED) is 0.326. The molecule has 0 aliphatic carbocycles. The Morgan fingerprint density at radius 1 is 1.78 bits per heavy atom. The number of rotatable bonds is 1. The maximum atomic E-state index is 8.08. The van der Waals surface area contributed by atoms with Gasteiger partial charge in [-0.2, -0.15) is 0 Å². The lowest BCUT2D eigenvalue weighted by Gasteiger charge is -2.13. The van der Waals surface area contributed by atoms with Gasteiger partial charge in [-0.05, 0) is 18.9 Å². The van der Waals surface area contributed by atoms with Crippen LogP contribution >= 0.6 is 0 Å². The molecule has 0 aromatic heterocycles. The van der Waals surface area contributed by atoms with E-state index in [-0.39, 0.29) is 6.10 Å². The predicted octanol–water partition coefficient (Wildman–Crippen LogP) is 1.14. The van der Waals surface area contributed by atoms with E-state index >= 15 is 0 Å². The summed E-state index contributed by atoms with van der Waals surface area (Å²) < 4.78 is 5.03. The Kier molecular flexibility index (Phi) is 2.13. The predicted molar refractivity (Wildman–Crippen MR) is 33.5 cm³/mol. The lowest BCUT2D eigenvalue weighted by molar-refractivity contribution is 0.180. The molecular formula is C6H9NO2. The number of ether oxygens (including phenoxy) is 1. The maximum absolute atomic E-state index is 8.08. The fraction of sp³-hybridized carbons (Fsp3) is 0.500. The molecule has 9 heavy (non-hydrogen) atoms. The van der Waals surface area contributed by atoms with Crippen LogP contribution in [0.5, 0.6) is 0 Å². The van der Waals surface area contributed by atoms with Crippen molar-refractivity contribution in [3.63, 3.8) is 0 Å². The normalized spacial score (nSPS) is 26.4. The molecule has 0 radical (unpaired) electrons. The average Bonchev–Trinajstić information content (AvgIpc) is 1.91. The van der Waals surface area contributed by atoms with E-state index in [1.165, 1.54) is 6.21 Å². The minimum atomic E-state index is -0.0278. The summed E-state index contributed by atoms with van der Waals surface area (Å²) in [5.74, 6) is 0. The van der Waals surface area contributed by atoms with E-state index in [1.54, 1.807) is 6.26 Å². The zero-order chi connectivity index (χ0) is 6.53. The molecule has 50 valence electrons. The Balaban J connectivity index is 2.35. The van der Waals surface area contributed by atoms with Gasteiger partial charge in [0.2, 0.25) is 0 Å². The van der Waals surface area contributed by atoms with Crippen molar-refractivity contribution in [2.45, 2.75) is 18.9 Å². The van der Waals surface area contributed by atoms with Crippen LogP contribution in [0.15, 0.2) is 17.5 Å². The van der Waals surface area contributed by atoms with Gasteiger partial charge < -0.3 is 9.94 Å². The van der Waals surface area contributed by atoms with E-state index in [2.05, 4.69) is 5.16 Å². The average molecular weight is 127 g/mol. The van der Waals surface area contributed by atoms with E-state index in [0.717, 1.165) is 12.8 Å². The summed E-state index contributed by atoms with van der Waals surface area (Å²) in [6, 6.07) is 0.